The second kappa shape index (κ2) is 8.61. The van der Waals surface area contributed by atoms with Gasteiger partial charge >= 0.3 is 0 Å². The van der Waals surface area contributed by atoms with E-state index in [0.29, 0.717) is 19.6 Å². The number of carbonyl (C=O) groups is 1. The molecule has 17 heavy (non-hydrogen) atoms. The number of unbranched alkanes of at least 4 members (excludes halogenated alkanes) is 2. The molecule has 1 heterocycles. The van der Waals surface area contributed by atoms with Crippen LogP contribution < -0.4 is 0 Å². The van der Waals surface area contributed by atoms with Crippen molar-refractivity contribution in [1.82, 2.24) is 0 Å². The molecule has 0 saturated carbocycles. The molecular weight excluding hydrogens is 220 g/mol. The molecule has 0 bridgehead atoms. The zero-order valence-electron chi connectivity index (χ0n) is 10.6. The highest BCUT2D eigenvalue weighted by Gasteiger charge is 2.24. The van der Waals surface area contributed by atoms with E-state index in [1.165, 1.54) is 0 Å². The Kier molecular flexibility index (Phi) is 7.40. The van der Waals surface area contributed by atoms with E-state index in [4.69, 9.17) is 9.47 Å². The van der Waals surface area contributed by atoms with Gasteiger partial charge in [0.1, 0.15) is 6.29 Å². The van der Waals surface area contributed by atoms with Gasteiger partial charge in [-0.25, -0.2) is 0 Å². The summed E-state index contributed by atoms with van der Waals surface area (Å²) in [4.78, 5) is 10.9. The van der Waals surface area contributed by atoms with Crippen LogP contribution in [0.3, 0.4) is 0 Å². The second-order valence-electron chi connectivity index (χ2n) is 4.62. The highest BCUT2D eigenvalue weighted by Crippen LogP contribution is 2.19. The molecule has 1 fully saturated rings. The van der Waals surface area contributed by atoms with Crippen molar-refractivity contribution in [3.63, 3.8) is 0 Å². The van der Waals surface area contributed by atoms with Crippen molar-refractivity contribution in [2.45, 2.75) is 57.8 Å². The first-order valence-corrected chi connectivity index (χ1v) is 6.64. The van der Waals surface area contributed by atoms with E-state index in [0.717, 1.165) is 38.4 Å². The largest absolute Gasteiger partial charge is 0.392 e. The molecule has 2 unspecified atom stereocenters. The van der Waals surface area contributed by atoms with Gasteiger partial charge in [0, 0.05) is 12.3 Å². The van der Waals surface area contributed by atoms with Crippen molar-refractivity contribution in [1.29, 1.82) is 0 Å². The third-order valence-corrected chi connectivity index (χ3v) is 3.14. The Morgan fingerprint density at radius 1 is 1.35 bits per heavy atom. The van der Waals surface area contributed by atoms with Crippen molar-refractivity contribution >= 4 is 6.29 Å². The Bertz CT molecular complexity index is 202. The third-order valence-electron chi connectivity index (χ3n) is 3.14. The Hall–Kier alpha value is -0.450. The first-order valence-electron chi connectivity index (χ1n) is 6.64. The lowest BCUT2D eigenvalue weighted by molar-refractivity contribution is -0.193. The smallest absolute Gasteiger partial charge is 0.160 e. The van der Waals surface area contributed by atoms with Crippen LogP contribution in [0.2, 0.25) is 0 Å². The summed E-state index contributed by atoms with van der Waals surface area (Å²) in [5, 5.41) is 9.97. The van der Waals surface area contributed by atoms with E-state index in [2.05, 4.69) is 6.92 Å². The number of hydrogen-bond donors (Lipinski definition) is 1. The Labute approximate surface area is 103 Å². The third kappa shape index (κ3) is 5.61. The van der Waals surface area contributed by atoms with Gasteiger partial charge in [-0.3, -0.25) is 0 Å². The van der Waals surface area contributed by atoms with Gasteiger partial charge in [0.15, 0.2) is 6.29 Å². The number of aldehydes is 1. The molecule has 4 nitrogen and oxygen atoms in total. The Morgan fingerprint density at radius 3 is 2.65 bits per heavy atom. The predicted molar refractivity (Wildman–Crippen MR) is 64.6 cm³/mol. The minimum absolute atomic E-state index is 0.282. The summed E-state index contributed by atoms with van der Waals surface area (Å²) in [7, 11) is 0. The average molecular weight is 244 g/mol. The highest BCUT2D eigenvalue weighted by atomic mass is 16.7. The standard InChI is InChI=1S/C13H24O4/c1-2-3-4-6-11(10-14)12(15)9-13-16-7-5-8-17-13/h10-13,15H,2-9H2,1H3. The van der Waals surface area contributed by atoms with E-state index in [9.17, 15) is 9.90 Å². The molecule has 2 atom stereocenters. The normalized spacial score (nSPS) is 21.1. The van der Waals surface area contributed by atoms with Gasteiger partial charge in [0.05, 0.1) is 19.3 Å². The molecule has 1 rings (SSSR count). The van der Waals surface area contributed by atoms with E-state index in [-0.39, 0.29) is 12.2 Å². The number of aliphatic hydroxyl groups excluding tert-OH is 1. The van der Waals surface area contributed by atoms with E-state index < -0.39 is 6.10 Å². The van der Waals surface area contributed by atoms with Gasteiger partial charge in [-0.05, 0) is 12.8 Å². The molecule has 100 valence electrons. The summed E-state index contributed by atoms with van der Waals surface area (Å²) in [6.07, 6.45) is 5.15. The van der Waals surface area contributed by atoms with Crippen LogP contribution in [0, 0.1) is 5.92 Å². The van der Waals surface area contributed by atoms with Crippen LogP contribution in [0.1, 0.15) is 45.4 Å². The Morgan fingerprint density at radius 2 is 2.06 bits per heavy atom. The fourth-order valence-electron chi connectivity index (χ4n) is 2.03. The van der Waals surface area contributed by atoms with Crippen molar-refractivity contribution in [3.05, 3.63) is 0 Å². The van der Waals surface area contributed by atoms with Gasteiger partial charge in [-0.1, -0.05) is 26.2 Å². The molecule has 0 aliphatic carbocycles. The first-order chi connectivity index (χ1) is 8.27. The van der Waals surface area contributed by atoms with Crippen LogP contribution in [0.4, 0.5) is 0 Å². The summed E-state index contributed by atoms with van der Waals surface area (Å²) < 4.78 is 10.7. The number of ether oxygens (including phenoxy) is 2. The monoisotopic (exact) mass is 244 g/mol. The van der Waals surface area contributed by atoms with Gasteiger partial charge in [0.2, 0.25) is 0 Å². The molecule has 0 spiro atoms. The maximum Gasteiger partial charge on any atom is 0.160 e. The number of hydrogen-bond acceptors (Lipinski definition) is 4. The van der Waals surface area contributed by atoms with Crippen LogP contribution >= 0.6 is 0 Å². The first kappa shape index (κ1) is 14.6. The molecule has 0 amide bonds. The zero-order chi connectivity index (χ0) is 12.5. The van der Waals surface area contributed by atoms with E-state index in [1.807, 2.05) is 0 Å². The van der Waals surface area contributed by atoms with E-state index in [1.54, 1.807) is 0 Å². The molecular formula is C13H24O4. The average Bonchev–Trinajstić information content (AvgIpc) is 2.36. The SMILES string of the molecule is CCCCCC(C=O)C(O)CC1OCCCO1. The van der Waals surface area contributed by atoms with Gasteiger partial charge in [-0.15, -0.1) is 0 Å². The number of rotatable bonds is 8. The van der Waals surface area contributed by atoms with Crippen molar-refractivity contribution in [2.75, 3.05) is 13.2 Å². The molecule has 0 aromatic rings. The molecule has 4 heteroatoms. The number of carbonyl (C=O) groups excluding carboxylic acids is 1. The van der Waals surface area contributed by atoms with E-state index >= 15 is 0 Å². The lowest BCUT2D eigenvalue weighted by Gasteiger charge is -2.27. The second-order valence-corrected chi connectivity index (χ2v) is 4.62. The molecule has 1 aliphatic rings. The molecule has 1 aliphatic heterocycles. The summed E-state index contributed by atoms with van der Waals surface area (Å²) in [6.45, 7) is 3.48. The molecule has 1 saturated heterocycles. The minimum Gasteiger partial charge on any atom is -0.392 e. The molecule has 0 aromatic heterocycles. The minimum atomic E-state index is -0.646. The summed E-state index contributed by atoms with van der Waals surface area (Å²) in [6, 6.07) is 0. The molecule has 0 radical (unpaired) electrons. The maximum absolute atomic E-state index is 10.9. The molecule has 0 aromatic carbocycles. The quantitative estimate of drug-likeness (QED) is 0.523. The fourth-order valence-corrected chi connectivity index (χ4v) is 2.03. The summed E-state index contributed by atoms with van der Waals surface area (Å²) in [5.74, 6) is -0.282. The van der Waals surface area contributed by atoms with Crippen molar-refractivity contribution in [3.8, 4) is 0 Å². The van der Waals surface area contributed by atoms with Crippen molar-refractivity contribution in [2.24, 2.45) is 5.92 Å². The lowest BCUT2D eigenvalue weighted by Crippen LogP contribution is -2.32. The van der Waals surface area contributed by atoms with Gasteiger partial charge < -0.3 is 19.4 Å². The zero-order valence-corrected chi connectivity index (χ0v) is 10.6. The highest BCUT2D eigenvalue weighted by molar-refractivity contribution is 5.54. The lowest BCUT2D eigenvalue weighted by atomic mass is 9.94. The molecule has 1 N–H and O–H groups in total. The van der Waals surface area contributed by atoms with Crippen LogP contribution in [-0.2, 0) is 14.3 Å². The van der Waals surface area contributed by atoms with Crippen LogP contribution in [0.25, 0.3) is 0 Å². The summed E-state index contributed by atoms with van der Waals surface area (Å²) >= 11 is 0. The fraction of sp³-hybridized carbons (Fsp3) is 0.923. The topological polar surface area (TPSA) is 55.8 Å². The van der Waals surface area contributed by atoms with Gasteiger partial charge in [0.25, 0.3) is 0 Å². The van der Waals surface area contributed by atoms with Crippen LogP contribution in [0.15, 0.2) is 0 Å². The number of aliphatic hydroxyl groups is 1. The van der Waals surface area contributed by atoms with Gasteiger partial charge in [-0.2, -0.15) is 0 Å². The predicted octanol–water partition coefficient (Wildman–Crippen LogP) is 1.90. The Balaban J connectivity index is 2.26. The van der Waals surface area contributed by atoms with Crippen molar-refractivity contribution < 1.29 is 19.4 Å². The van der Waals surface area contributed by atoms with Crippen LogP contribution in [0.5, 0.6) is 0 Å². The summed E-state index contributed by atoms with van der Waals surface area (Å²) in [5.41, 5.74) is 0. The maximum atomic E-state index is 10.9. The van der Waals surface area contributed by atoms with Crippen LogP contribution in [-0.4, -0.2) is 37.0 Å².